The number of hydrogen-bond acceptors (Lipinski definition) is 5. The average Bonchev–Trinajstić information content (AvgIpc) is 3.35. The summed E-state index contributed by atoms with van der Waals surface area (Å²) in [6, 6.07) is 11.3. The van der Waals surface area contributed by atoms with Crippen LogP contribution in [0.3, 0.4) is 0 Å². The first-order valence-corrected chi connectivity index (χ1v) is 9.57. The number of methoxy groups -OCH3 is 1. The van der Waals surface area contributed by atoms with Crippen molar-refractivity contribution < 1.29 is 23.5 Å². The third-order valence-corrected chi connectivity index (χ3v) is 5.31. The van der Waals surface area contributed by atoms with E-state index in [0.29, 0.717) is 17.0 Å². The topological polar surface area (TPSA) is 77.8 Å². The van der Waals surface area contributed by atoms with Crippen molar-refractivity contribution in [3.63, 3.8) is 0 Å². The van der Waals surface area contributed by atoms with Gasteiger partial charge in [0.25, 0.3) is 5.91 Å². The summed E-state index contributed by atoms with van der Waals surface area (Å²) in [4.78, 5) is 24.7. The van der Waals surface area contributed by atoms with Crippen molar-refractivity contribution in [2.24, 2.45) is 5.92 Å². The molecular weight excluding hydrogens is 358 g/mol. The number of para-hydroxylation sites is 1. The van der Waals surface area contributed by atoms with E-state index in [9.17, 15) is 9.59 Å². The predicted octanol–water partition coefficient (Wildman–Crippen LogP) is 4.66. The molecule has 0 unspecified atom stereocenters. The van der Waals surface area contributed by atoms with Crippen LogP contribution in [0.15, 0.2) is 40.8 Å². The number of nitrogens with one attached hydrogen (secondary N) is 1. The monoisotopic (exact) mass is 381 g/mol. The van der Waals surface area contributed by atoms with Crippen LogP contribution in [0.5, 0.6) is 5.75 Å². The number of carbonyl (C=O) groups excluding carboxylic acids is 2. The van der Waals surface area contributed by atoms with E-state index < -0.39 is 12.0 Å². The van der Waals surface area contributed by atoms with Gasteiger partial charge in [0.2, 0.25) is 0 Å². The zero-order chi connectivity index (χ0) is 19.7. The number of ether oxygens (including phenoxy) is 2. The van der Waals surface area contributed by atoms with E-state index in [1.54, 1.807) is 20.1 Å². The van der Waals surface area contributed by atoms with Crippen molar-refractivity contribution in [1.82, 2.24) is 0 Å². The fourth-order valence-electron chi connectivity index (χ4n) is 3.74. The standard InChI is InChI=1S/C22H23NO5/c1-13(27-22(25)14-7-3-4-8-14)21(24)23-17-12-19-16(11-20(17)26-2)15-9-5-6-10-18(15)28-19/h5-6,9-14H,3-4,7-8H2,1-2H3,(H,23,24)/t13-/m0/s1. The van der Waals surface area contributed by atoms with Gasteiger partial charge in [0.15, 0.2) is 6.10 Å². The fourth-order valence-corrected chi connectivity index (χ4v) is 3.74. The summed E-state index contributed by atoms with van der Waals surface area (Å²) in [6.45, 7) is 1.58. The molecule has 0 saturated heterocycles. The van der Waals surface area contributed by atoms with Crippen LogP contribution < -0.4 is 10.1 Å². The number of furan rings is 1. The Morgan fingerprint density at radius 1 is 1.11 bits per heavy atom. The highest BCUT2D eigenvalue weighted by Crippen LogP contribution is 2.36. The number of anilines is 1. The molecule has 146 valence electrons. The lowest BCUT2D eigenvalue weighted by Crippen LogP contribution is -2.32. The first-order chi connectivity index (χ1) is 13.6. The molecule has 1 saturated carbocycles. The van der Waals surface area contributed by atoms with E-state index in [2.05, 4.69) is 5.32 Å². The zero-order valence-electron chi connectivity index (χ0n) is 16.0. The van der Waals surface area contributed by atoms with Crippen molar-refractivity contribution in [1.29, 1.82) is 0 Å². The maximum Gasteiger partial charge on any atom is 0.309 e. The summed E-state index contributed by atoms with van der Waals surface area (Å²) < 4.78 is 16.7. The average molecular weight is 381 g/mol. The van der Waals surface area contributed by atoms with Gasteiger partial charge in [0.05, 0.1) is 18.7 Å². The highest BCUT2D eigenvalue weighted by atomic mass is 16.5. The molecular formula is C22H23NO5. The largest absolute Gasteiger partial charge is 0.495 e. The quantitative estimate of drug-likeness (QED) is 0.651. The van der Waals surface area contributed by atoms with Gasteiger partial charge in [-0.15, -0.1) is 0 Å². The van der Waals surface area contributed by atoms with Crippen LogP contribution >= 0.6 is 0 Å². The number of amides is 1. The minimum absolute atomic E-state index is 0.0864. The first-order valence-electron chi connectivity index (χ1n) is 9.57. The van der Waals surface area contributed by atoms with Gasteiger partial charge < -0.3 is 19.2 Å². The summed E-state index contributed by atoms with van der Waals surface area (Å²) in [6.07, 6.45) is 2.86. The third-order valence-electron chi connectivity index (χ3n) is 5.31. The fraction of sp³-hybridized carbons (Fsp3) is 0.364. The van der Waals surface area contributed by atoms with E-state index in [0.717, 1.165) is 42.0 Å². The summed E-state index contributed by atoms with van der Waals surface area (Å²) >= 11 is 0. The van der Waals surface area contributed by atoms with E-state index in [4.69, 9.17) is 13.9 Å². The second-order valence-electron chi connectivity index (χ2n) is 7.20. The molecule has 6 nitrogen and oxygen atoms in total. The predicted molar refractivity (Wildman–Crippen MR) is 106 cm³/mol. The van der Waals surface area contributed by atoms with Crippen molar-refractivity contribution >= 4 is 39.5 Å². The van der Waals surface area contributed by atoms with Gasteiger partial charge in [0, 0.05) is 16.8 Å². The van der Waals surface area contributed by atoms with Crippen molar-refractivity contribution in [3.8, 4) is 5.75 Å². The summed E-state index contributed by atoms with van der Waals surface area (Å²) in [7, 11) is 1.54. The smallest absolute Gasteiger partial charge is 0.309 e. The van der Waals surface area contributed by atoms with Crippen molar-refractivity contribution in [2.75, 3.05) is 12.4 Å². The van der Waals surface area contributed by atoms with Crippen LogP contribution in [0.2, 0.25) is 0 Å². The molecule has 1 heterocycles. The van der Waals surface area contributed by atoms with Crippen LogP contribution in [0.1, 0.15) is 32.6 Å². The van der Waals surface area contributed by atoms with E-state index in [1.165, 1.54) is 0 Å². The van der Waals surface area contributed by atoms with Crippen LogP contribution in [-0.4, -0.2) is 25.1 Å². The maximum absolute atomic E-state index is 12.6. The van der Waals surface area contributed by atoms with Crippen LogP contribution in [0, 0.1) is 5.92 Å². The number of rotatable bonds is 5. The number of hydrogen-bond donors (Lipinski definition) is 1. The highest BCUT2D eigenvalue weighted by Gasteiger charge is 2.28. The van der Waals surface area contributed by atoms with Gasteiger partial charge in [-0.3, -0.25) is 9.59 Å². The lowest BCUT2D eigenvalue weighted by Gasteiger charge is -2.17. The van der Waals surface area contributed by atoms with Gasteiger partial charge >= 0.3 is 5.97 Å². The lowest BCUT2D eigenvalue weighted by atomic mass is 10.1. The Labute approximate surface area is 162 Å². The molecule has 0 aliphatic heterocycles. The molecule has 1 N–H and O–H groups in total. The Morgan fingerprint density at radius 3 is 2.61 bits per heavy atom. The van der Waals surface area contributed by atoms with Gasteiger partial charge in [0.1, 0.15) is 16.9 Å². The highest BCUT2D eigenvalue weighted by molar-refractivity contribution is 6.08. The Hall–Kier alpha value is -3.02. The molecule has 1 aliphatic carbocycles. The maximum atomic E-state index is 12.6. The zero-order valence-corrected chi connectivity index (χ0v) is 16.0. The number of carbonyl (C=O) groups is 2. The second-order valence-corrected chi connectivity index (χ2v) is 7.20. The molecule has 1 atom stereocenters. The van der Waals surface area contributed by atoms with E-state index in [1.807, 2.05) is 30.3 Å². The van der Waals surface area contributed by atoms with Gasteiger partial charge in [-0.2, -0.15) is 0 Å². The Balaban J connectivity index is 1.55. The molecule has 3 aromatic rings. The molecule has 1 amide bonds. The second kappa shape index (κ2) is 7.54. The summed E-state index contributed by atoms with van der Waals surface area (Å²) in [5, 5.41) is 4.68. The molecule has 0 bridgehead atoms. The molecule has 28 heavy (non-hydrogen) atoms. The minimum Gasteiger partial charge on any atom is -0.495 e. The molecule has 1 fully saturated rings. The summed E-state index contributed by atoms with van der Waals surface area (Å²) in [5.74, 6) is -0.265. The molecule has 6 heteroatoms. The number of fused-ring (bicyclic) bond motifs is 3. The molecule has 2 aromatic carbocycles. The molecule has 1 aliphatic rings. The van der Waals surface area contributed by atoms with Crippen LogP contribution in [0.25, 0.3) is 21.9 Å². The molecule has 1 aromatic heterocycles. The Bertz CT molecular complexity index is 1030. The normalized spacial score (nSPS) is 15.6. The number of esters is 1. The Morgan fingerprint density at radius 2 is 1.86 bits per heavy atom. The van der Waals surface area contributed by atoms with Crippen LogP contribution in [-0.2, 0) is 14.3 Å². The minimum atomic E-state index is -0.885. The van der Waals surface area contributed by atoms with Gasteiger partial charge in [-0.25, -0.2) is 0 Å². The van der Waals surface area contributed by atoms with Gasteiger partial charge in [-0.1, -0.05) is 31.0 Å². The Kier molecular flexibility index (Phi) is 4.94. The lowest BCUT2D eigenvalue weighted by molar-refractivity contribution is -0.157. The van der Waals surface area contributed by atoms with Crippen molar-refractivity contribution in [2.45, 2.75) is 38.7 Å². The van der Waals surface area contributed by atoms with Crippen LogP contribution in [0.4, 0.5) is 5.69 Å². The molecule has 0 radical (unpaired) electrons. The molecule has 0 spiro atoms. The molecule has 4 rings (SSSR count). The van der Waals surface area contributed by atoms with E-state index >= 15 is 0 Å². The van der Waals surface area contributed by atoms with E-state index in [-0.39, 0.29) is 11.9 Å². The summed E-state index contributed by atoms with van der Waals surface area (Å²) in [5.41, 5.74) is 1.89. The third kappa shape index (κ3) is 3.42. The number of benzene rings is 2. The van der Waals surface area contributed by atoms with Gasteiger partial charge in [-0.05, 0) is 31.9 Å². The first kappa shape index (κ1) is 18.3. The SMILES string of the molecule is COc1cc2c(cc1NC(=O)[C@H](C)OC(=O)C1CCCC1)oc1ccccc12. The van der Waals surface area contributed by atoms with Crippen molar-refractivity contribution in [3.05, 3.63) is 36.4 Å².